The second-order valence-electron chi connectivity index (χ2n) is 8.46. The van der Waals surface area contributed by atoms with E-state index in [1.165, 1.54) is 38.8 Å². The van der Waals surface area contributed by atoms with Gasteiger partial charge in [0.15, 0.2) is 5.79 Å². The Kier molecular flexibility index (Phi) is 6.97. The average molecular weight is 416 g/mol. The van der Waals surface area contributed by atoms with Crippen LogP contribution in [0.15, 0.2) is 18.2 Å². The van der Waals surface area contributed by atoms with Gasteiger partial charge in [0, 0.05) is 12.6 Å². The highest BCUT2D eigenvalue weighted by Crippen LogP contribution is 2.41. The van der Waals surface area contributed by atoms with Crippen LogP contribution in [0, 0.1) is 5.41 Å². The van der Waals surface area contributed by atoms with Gasteiger partial charge in [0.05, 0.1) is 34.8 Å². The van der Waals surface area contributed by atoms with Gasteiger partial charge in [-0.3, -0.25) is 0 Å². The van der Waals surface area contributed by atoms with Crippen LogP contribution in [0.1, 0.15) is 46.5 Å². The lowest BCUT2D eigenvalue weighted by Crippen LogP contribution is -2.47. The highest BCUT2D eigenvalue weighted by Gasteiger charge is 2.50. The fraction of sp³-hybridized carbons (Fsp3) is 0.714. The van der Waals surface area contributed by atoms with Crippen molar-refractivity contribution in [2.45, 2.75) is 58.3 Å². The molecule has 0 amide bonds. The summed E-state index contributed by atoms with van der Waals surface area (Å²) in [5, 5.41) is 1.01. The van der Waals surface area contributed by atoms with Crippen LogP contribution in [0.2, 0.25) is 10.0 Å². The largest absolute Gasteiger partial charge is 0.493 e. The molecule has 6 heteroatoms. The summed E-state index contributed by atoms with van der Waals surface area (Å²) in [6.45, 7) is 10.6. The summed E-state index contributed by atoms with van der Waals surface area (Å²) in [6.07, 6.45) is 5.36. The van der Waals surface area contributed by atoms with E-state index in [1.807, 2.05) is 13.0 Å². The second-order valence-corrected chi connectivity index (χ2v) is 9.27. The SMILES string of the molecule is CC(C)(COc1ccc(Cl)c(Cl)c1)C1(C)OCC(CN2CCCCCC2)O1. The molecule has 2 saturated heterocycles. The maximum absolute atomic E-state index is 6.40. The lowest BCUT2D eigenvalue weighted by atomic mass is 9.85. The Bertz CT molecular complexity index is 632. The Morgan fingerprint density at radius 3 is 2.52 bits per heavy atom. The molecule has 27 heavy (non-hydrogen) atoms. The van der Waals surface area contributed by atoms with Gasteiger partial charge in [-0.15, -0.1) is 0 Å². The van der Waals surface area contributed by atoms with Crippen molar-refractivity contribution in [3.63, 3.8) is 0 Å². The molecule has 0 spiro atoms. The molecule has 0 aliphatic carbocycles. The fourth-order valence-corrected chi connectivity index (χ4v) is 3.94. The van der Waals surface area contributed by atoms with E-state index in [0.717, 1.165) is 6.54 Å². The molecule has 0 aromatic heterocycles. The number of nitrogens with zero attached hydrogens (tertiary/aromatic N) is 1. The minimum atomic E-state index is -0.681. The van der Waals surface area contributed by atoms with Crippen LogP contribution in [-0.2, 0) is 9.47 Å². The van der Waals surface area contributed by atoms with Crippen molar-refractivity contribution < 1.29 is 14.2 Å². The second kappa shape index (κ2) is 8.87. The molecule has 152 valence electrons. The fourth-order valence-electron chi connectivity index (χ4n) is 3.65. The van der Waals surface area contributed by atoms with Gasteiger partial charge in [-0.05, 0) is 45.0 Å². The number of likely N-dealkylation sites (tertiary alicyclic amines) is 1. The number of hydrogen-bond acceptors (Lipinski definition) is 4. The van der Waals surface area contributed by atoms with E-state index in [0.29, 0.717) is 29.0 Å². The molecule has 2 aliphatic rings. The van der Waals surface area contributed by atoms with Crippen LogP contribution < -0.4 is 4.74 Å². The standard InChI is InChI=1S/C21H31Cl2NO3/c1-20(2,15-25-16-8-9-18(22)19(23)12-16)21(3)26-14-17(27-21)13-24-10-6-4-5-7-11-24/h8-9,12,17H,4-7,10-11,13-15H2,1-3H3. The van der Waals surface area contributed by atoms with E-state index in [9.17, 15) is 0 Å². The molecule has 2 aliphatic heterocycles. The van der Waals surface area contributed by atoms with Crippen molar-refractivity contribution in [3.8, 4) is 5.75 Å². The number of halogens is 2. The van der Waals surface area contributed by atoms with Crippen molar-refractivity contribution in [2.24, 2.45) is 5.41 Å². The molecule has 0 bridgehead atoms. The Hall–Kier alpha value is -0.520. The molecule has 0 saturated carbocycles. The predicted molar refractivity (Wildman–Crippen MR) is 110 cm³/mol. The highest BCUT2D eigenvalue weighted by molar-refractivity contribution is 6.42. The lowest BCUT2D eigenvalue weighted by molar-refractivity contribution is -0.231. The van der Waals surface area contributed by atoms with Gasteiger partial charge in [0.1, 0.15) is 5.75 Å². The van der Waals surface area contributed by atoms with Gasteiger partial charge in [-0.2, -0.15) is 0 Å². The van der Waals surface area contributed by atoms with Crippen LogP contribution in [-0.4, -0.2) is 49.6 Å². The highest BCUT2D eigenvalue weighted by atomic mass is 35.5. The summed E-state index contributed by atoms with van der Waals surface area (Å²) < 4.78 is 18.5. The van der Waals surface area contributed by atoms with E-state index in [-0.39, 0.29) is 11.5 Å². The van der Waals surface area contributed by atoms with Crippen molar-refractivity contribution in [2.75, 3.05) is 32.8 Å². The van der Waals surface area contributed by atoms with Crippen molar-refractivity contribution >= 4 is 23.2 Å². The molecule has 1 aromatic rings. The molecule has 2 fully saturated rings. The minimum Gasteiger partial charge on any atom is -0.493 e. The van der Waals surface area contributed by atoms with Gasteiger partial charge >= 0.3 is 0 Å². The molecular formula is C21H31Cl2NO3. The van der Waals surface area contributed by atoms with Crippen molar-refractivity contribution in [1.82, 2.24) is 4.90 Å². The van der Waals surface area contributed by atoms with E-state index >= 15 is 0 Å². The third kappa shape index (κ3) is 5.30. The summed E-state index contributed by atoms with van der Waals surface area (Å²) in [5.74, 6) is 0.0138. The summed E-state index contributed by atoms with van der Waals surface area (Å²) in [4.78, 5) is 2.52. The van der Waals surface area contributed by atoms with E-state index in [4.69, 9.17) is 37.4 Å². The number of benzene rings is 1. The Labute approximate surface area is 173 Å². The molecule has 2 unspecified atom stereocenters. The lowest BCUT2D eigenvalue weighted by Gasteiger charge is -2.39. The van der Waals surface area contributed by atoms with Gasteiger partial charge in [0.2, 0.25) is 0 Å². The first kappa shape index (κ1) is 21.2. The summed E-state index contributed by atoms with van der Waals surface area (Å²) >= 11 is 12.0. The molecule has 2 heterocycles. The molecule has 4 nitrogen and oxygen atoms in total. The summed E-state index contributed by atoms with van der Waals surface area (Å²) in [5.41, 5.74) is -0.327. The quantitative estimate of drug-likeness (QED) is 0.621. The predicted octanol–water partition coefficient (Wildman–Crippen LogP) is 5.41. The first-order valence-electron chi connectivity index (χ1n) is 9.91. The third-order valence-corrected chi connectivity index (χ3v) is 6.56. The first-order chi connectivity index (χ1) is 12.8. The first-order valence-corrected chi connectivity index (χ1v) is 10.7. The molecule has 0 radical (unpaired) electrons. The maximum Gasteiger partial charge on any atom is 0.174 e. The minimum absolute atomic E-state index is 0.109. The molecule has 0 N–H and O–H groups in total. The van der Waals surface area contributed by atoms with Crippen molar-refractivity contribution in [1.29, 1.82) is 0 Å². The van der Waals surface area contributed by atoms with E-state index in [2.05, 4.69) is 18.7 Å². The Morgan fingerprint density at radius 2 is 1.85 bits per heavy atom. The molecule has 2 atom stereocenters. The zero-order valence-electron chi connectivity index (χ0n) is 16.6. The van der Waals surface area contributed by atoms with Gasteiger partial charge in [-0.1, -0.05) is 49.9 Å². The molecule has 3 rings (SSSR count). The van der Waals surface area contributed by atoms with Gasteiger partial charge in [-0.25, -0.2) is 0 Å². The number of ether oxygens (including phenoxy) is 3. The average Bonchev–Trinajstić information content (AvgIpc) is 2.84. The smallest absolute Gasteiger partial charge is 0.174 e. The van der Waals surface area contributed by atoms with Gasteiger partial charge < -0.3 is 19.1 Å². The Morgan fingerprint density at radius 1 is 1.15 bits per heavy atom. The maximum atomic E-state index is 6.40. The number of hydrogen-bond donors (Lipinski definition) is 0. The monoisotopic (exact) mass is 415 g/mol. The molecular weight excluding hydrogens is 385 g/mol. The molecule has 1 aromatic carbocycles. The zero-order chi connectivity index (χ0) is 19.5. The van der Waals surface area contributed by atoms with Gasteiger partial charge in [0.25, 0.3) is 0 Å². The van der Waals surface area contributed by atoms with Crippen LogP contribution in [0.5, 0.6) is 5.75 Å². The topological polar surface area (TPSA) is 30.9 Å². The van der Waals surface area contributed by atoms with Crippen LogP contribution >= 0.6 is 23.2 Å². The zero-order valence-corrected chi connectivity index (χ0v) is 18.1. The van der Waals surface area contributed by atoms with Crippen LogP contribution in [0.3, 0.4) is 0 Å². The Balaban J connectivity index is 1.55. The van der Waals surface area contributed by atoms with Crippen molar-refractivity contribution in [3.05, 3.63) is 28.2 Å². The van der Waals surface area contributed by atoms with E-state index in [1.54, 1.807) is 12.1 Å². The third-order valence-electron chi connectivity index (χ3n) is 5.82. The van der Waals surface area contributed by atoms with Crippen LogP contribution in [0.4, 0.5) is 0 Å². The normalized spacial score (nSPS) is 27.5. The summed E-state index contributed by atoms with van der Waals surface area (Å²) in [7, 11) is 0. The van der Waals surface area contributed by atoms with Crippen LogP contribution in [0.25, 0.3) is 0 Å². The number of rotatable bonds is 6. The van der Waals surface area contributed by atoms with E-state index < -0.39 is 5.79 Å². The summed E-state index contributed by atoms with van der Waals surface area (Å²) in [6, 6.07) is 5.31.